The molecule has 4 rings (SSSR count). The lowest BCUT2D eigenvalue weighted by atomic mass is 9.76. The fourth-order valence-corrected chi connectivity index (χ4v) is 4.80. The molecule has 0 saturated carbocycles. The molecular formula is C21H27N3O3. The highest BCUT2D eigenvalue weighted by atomic mass is 16.5. The molecule has 6 nitrogen and oxygen atoms in total. The minimum atomic E-state index is -0.0684. The number of carbonyl (C=O) groups is 2. The number of nitrogens with zero attached hydrogens (tertiary/aromatic N) is 2. The molecule has 1 aromatic rings. The normalized spacial score (nSPS) is 27.0. The van der Waals surface area contributed by atoms with Gasteiger partial charge in [0.05, 0.1) is 0 Å². The van der Waals surface area contributed by atoms with Gasteiger partial charge < -0.3 is 19.9 Å². The molecule has 3 aliphatic rings. The number of urea groups is 1. The van der Waals surface area contributed by atoms with Gasteiger partial charge in [0.15, 0.2) is 0 Å². The highest BCUT2D eigenvalue weighted by molar-refractivity contribution is 5.89. The number of piperidine rings is 3. The van der Waals surface area contributed by atoms with E-state index in [1.54, 1.807) is 6.08 Å². The summed E-state index contributed by atoms with van der Waals surface area (Å²) in [5.41, 5.74) is 0.728. The van der Waals surface area contributed by atoms with Gasteiger partial charge in [-0.2, -0.15) is 0 Å². The molecule has 1 N–H and O–H groups in total. The Bertz CT molecular complexity index is 735. The smallest absolute Gasteiger partial charge is 0.321 e. The van der Waals surface area contributed by atoms with E-state index >= 15 is 0 Å². The molecule has 3 fully saturated rings. The monoisotopic (exact) mass is 369 g/mol. The molecule has 1 aromatic carbocycles. The zero-order chi connectivity index (χ0) is 18.8. The molecule has 3 atom stereocenters. The van der Waals surface area contributed by atoms with Gasteiger partial charge in [0, 0.05) is 43.9 Å². The Balaban J connectivity index is 1.40. The first-order chi connectivity index (χ1) is 13.1. The molecule has 3 heterocycles. The summed E-state index contributed by atoms with van der Waals surface area (Å²) in [5, 5.41) is 3.00. The molecular weight excluding hydrogens is 342 g/mol. The molecule has 6 heteroatoms. The molecule has 3 aliphatic heterocycles. The van der Waals surface area contributed by atoms with Crippen molar-refractivity contribution < 1.29 is 14.3 Å². The zero-order valence-corrected chi connectivity index (χ0v) is 15.6. The van der Waals surface area contributed by atoms with E-state index in [4.69, 9.17) is 4.74 Å². The minimum absolute atomic E-state index is 0.0684. The molecule has 2 bridgehead atoms. The maximum Gasteiger partial charge on any atom is 0.321 e. The van der Waals surface area contributed by atoms with Crippen LogP contribution in [-0.4, -0.2) is 54.0 Å². The number of rotatable bonds is 4. The minimum Gasteiger partial charge on any atom is -0.489 e. The van der Waals surface area contributed by atoms with Crippen LogP contribution in [0.3, 0.4) is 0 Å². The van der Waals surface area contributed by atoms with Crippen molar-refractivity contribution in [2.24, 2.45) is 11.8 Å². The second-order valence-electron chi connectivity index (χ2n) is 7.83. The third kappa shape index (κ3) is 3.80. The summed E-state index contributed by atoms with van der Waals surface area (Å²) in [4.78, 5) is 29.1. The average Bonchev–Trinajstić information content (AvgIpc) is 2.67. The summed E-state index contributed by atoms with van der Waals surface area (Å²) in [6.07, 6.45) is 5.55. The summed E-state index contributed by atoms with van der Waals surface area (Å²) >= 11 is 0. The molecule has 0 radical (unpaired) electrons. The molecule has 144 valence electrons. The first kappa shape index (κ1) is 17.9. The topological polar surface area (TPSA) is 61.9 Å². The SMILES string of the molecule is C=CCOc1cccc(NC(=O)N2CC3CC(C2)[C@@H]2CCCC(=O)N2C3)c1. The largest absolute Gasteiger partial charge is 0.489 e. The molecule has 2 unspecified atom stereocenters. The van der Waals surface area contributed by atoms with Gasteiger partial charge in [-0.05, 0) is 43.2 Å². The van der Waals surface area contributed by atoms with E-state index in [0.717, 1.165) is 38.0 Å². The molecule has 3 amide bonds. The Morgan fingerprint density at radius 3 is 3.07 bits per heavy atom. The predicted octanol–water partition coefficient (Wildman–Crippen LogP) is 3.12. The number of benzene rings is 1. The second kappa shape index (κ2) is 7.62. The van der Waals surface area contributed by atoms with Crippen LogP contribution in [0.4, 0.5) is 10.5 Å². The maximum atomic E-state index is 12.8. The van der Waals surface area contributed by atoms with Gasteiger partial charge in [-0.25, -0.2) is 4.79 Å². The van der Waals surface area contributed by atoms with Crippen molar-refractivity contribution in [3.8, 4) is 5.75 Å². The summed E-state index contributed by atoms with van der Waals surface area (Å²) in [6, 6.07) is 7.66. The van der Waals surface area contributed by atoms with E-state index in [1.807, 2.05) is 29.2 Å². The van der Waals surface area contributed by atoms with E-state index in [-0.39, 0.29) is 6.03 Å². The average molecular weight is 369 g/mol. The Labute approximate surface area is 160 Å². The van der Waals surface area contributed by atoms with Crippen LogP contribution in [0.25, 0.3) is 0 Å². The number of fused-ring (bicyclic) bond motifs is 4. The first-order valence-electron chi connectivity index (χ1n) is 9.83. The second-order valence-corrected chi connectivity index (χ2v) is 7.83. The molecule has 27 heavy (non-hydrogen) atoms. The summed E-state index contributed by atoms with van der Waals surface area (Å²) < 4.78 is 5.53. The highest BCUT2D eigenvalue weighted by Gasteiger charge is 2.44. The van der Waals surface area contributed by atoms with Gasteiger partial charge in [-0.15, -0.1) is 0 Å². The molecule has 0 aromatic heterocycles. The van der Waals surface area contributed by atoms with Crippen molar-refractivity contribution >= 4 is 17.6 Å². The Hall–Kier alpha value is -2.50. The van der Waals surface area contributed by atoms with Gasteiger partial charge in [-0.3, -0.25) is 4.79 Å². The fraction of sp³-hybridized carbons (Fsp3) is 0.524. The van der Waals surface area contributed by atoms with Crippen LogP contribution in [0.5, 0.6) is 5.75 Å². The van der Waals surface area contributed by atoms with Crippen molar-refractivity contribution in [3.05, 3.63) is 36.9 Å². The van der Waals surface area contributed by atoms with E-state index in [2.05, 4.69) is 16.8 Å². The number of likely N-dealkylation sites (tertiary alicyclic amines) is 1. The van der Waals surface area contributed by atoms with Crippen LogP contribution < -0.4 is 10.1 Å². The fourth-order valence-electron chi connectivity index (χ4n) is 4.80. The van der Waals surface area contributed by atoms with Crippen LogP contribution >= 0.6 is 0 Å². The van der Waals surface area contributed by atoms with Crippen LogP contribution in [0.2, 0.25) is 0 Å². The Kier molecular flexibility index (Phi) is 5.05. The van der Waals surface area contributed by atoms with Gasteiger partial charge >= 0.3 is 6.03 Å². The van der Waals surface area contributed by atoms with Crippen molar-refractivity contribution in [1.82, 2.24) is 9.80 Å². The van der Waals surface area contributed by atoms with Crippen LogP contribution in [0, 0.1) is 11.8 Å². The van der Waals surface area contributed by atoms with Gasteiger partial charge in [0.1, 0.15) is 12.4 Å². The summed E-state index contributed by atoms with van der Waals surface area (Å²) in [5.74, 6) is 1.79. The molecule has 0 spiro atoms. The van der Waals surface area contributed by atoms with Crippen LogP contribution in [0.1, 0.15) is 25.7 Å². The molecule has 3 saturated heterocycles. The van der Waals surface area contributed by atoms with E-state index < -0.39 is 0 Å². The molecule has 0 aliphatic carbocycles. The number of ether oxygens (including phenoxy) is 1. The number of amides is 3. The third-order valence-electron chi connectivity index (χ3n) is 5.92. The lowest BCUT2D eigenvalue weighted by molar-refractivity contribution is -0.144. The van der Waals surface area contributed by atoms with Crippen LogP contribution in [0.15, 0.2) is 36.9 Å². The van der Waals surface area contributed by atoms with Gasteiger partial charge in [-0.1, -0.05) is 18.7 Å². The van der Waals surface area contributed by atoms with E-state index in [9.17, 15) is 9.59 Å². The number of anilines is 1. The predicted molar refractivity (Wildman–Crippen MR) is 104 cm³/mol. The van der Waals surface area contributed by atoms with Crippen molar-refractivity contribution in [2.75, 3.05) is 31.6 Å². The van der Waals surface area contributed by atoms with Gasteiger partial charge in [0.2, 0.25) is 5.91 Å². The Morgan fingerprint density at radius 1 is 1.33 bits per heavy atom. The lowest BCUT2D eigenvalue weighted by Gasteiger charge is -2.52. The summed E-state index contributed by atoms with van der Waals surface area (Å²) in [7, 11) is 0. The first-order valence-corrected chi connectivity index (χ1v) is 9.83. The maximum absolute atomic E-state index is 12.8. The number of hydrogen-bond donors (Lipinski definition) is 1. The number of carbonyl (C=O) groups excluding carboxylic acids is 2. The van der Waals surface area contributed by atoms with E-state index in [1.165, 1.54) is 0 Å². The zero-order valence-electron chi connectivity index (χ0n) is 15.6. The highest BCUT2D eigenvalue weighted by Crippen LogP contribution is 2.38. The van der Waals surface area contributed by atoms with Crippen molar-refractivity contribution in [2.45, 2.75) is 31.7 Å². The van der Waals surface area contributed by atoms with Crippen molar-refractivity contribution in [3.63, 3.8) is 0 Å². The van der Waals surface area contributed by atoms with Gasteiger partial charge in [0.25, 0.3) is 0 Å². The summed E-state index contributed by atoms with van der Waals surface area (Å²) in [6.45, 7) is 6.32. The Morgan fingerprint density at radius 2 is 2.22 bits per heavy atom. The standard InChI is InChI=1S/C21H27N3O3/c1-2-9-27-18-6-3-5-17(11-18)22-21(26)23-12-15-10-16(14-23)19-7-4-8-20(25)24(19)13-15/h2-3,5-6,11,15-16,19H,1,4,7-10,12-14H2,(H,22,26)/t15?,16?,19-/m0/s1. The third-order valence-corrected chi connectivity index (χ3v) is 5.92. The number of nitrogens with one attached hydrogen (secondary N) is 1. The number of hydrogen-bond acceptors (Lipinski definition) is 3. The lowest BCUT2D eigenvalue weighted by Crippen LogP contribution is -2.61. The van der Waals surface area contributed by atoms with Crippen molar-refractivity contribution in [1.29, 1.82) is 0 Å². The van der Waals surface area contributed by atoms with E-state index in [0.29, 0.717) is 49.1 Å². The van der Waals surface area contributed by atoms with Crippen LogP contribution in [-0.2, 0) is 4.79 Å². The quantitative estimate of drug-likeness (QED) is 0.830.